The van der Waals surface area contributed by atoms with E-state index in [4.69, 9.17) is 0 Å². The Balaban J connectivity index is 0.000000220. The van der Waals surface area contributed by atoms with Gasteiger partial charge in [-0.15, -0.1) is 0 Å². The van der Waals surface area contributed by atoms with E-state index in [1.807, 2.05) is 0 Å². The highest BCUT2D eigenvalue weighted by Gasteiger charge is 2.17. The summed E-state index contributed by atoms with van der Waals surface area (Å²) in [5.74, 6) is 0. The van der Waals surface area contributed by atoms with E-state index >= 15 is 0 Å². The third-order valence-electron chi connectivity index (χ3n) is 3.91. The number of aryl methyl sites for hydroxylation is 2. The van der Waals surface area contributed by atoms with Crippen LogP contribution in [0.1, 0.15) is 11.1 Å². The molecule has 120 valence electrons. The monoisotopic (exact) mass is 328 g/mol. The SMILES string of the molecule is Cc1ccccc1[Si](C)(C)C.Cc1ccccc1[Si](C)(C)C. The van der Waals surface area contributed by atoms with Crippen molar-refractivity contribution in [3.63, 3.8) is 0 Å². The lowest BCUT2D eigenvalue weighted by molar-refractivity contribution is 1.49. The molecule has 0 N–H and O–H groups in total. The number of rotatable bonds is 2. The molecule has 0 bridgehead atoms. The van der Waals surface area contributed by atoms with Gasteiger partial charge < -0.3 is 0 Å². The lowest BCUT2D eigenvalue weighted by atomic mass is 10.2. The van der Waals surface area contributed by atoms with Crippen LogP contribution in [-0.4, -0.2) is 16.1 Å². The van der Waals surface area contributed by atoms with Gasteiger partial charge in [0.15, 0.2) is 0 Å². The molecule has 0 spiro atoms. The van der Waals surface area contributed by atoms with Gasteiger partial charge in [0.2, 0.25) is 0 Å². The van der Waals surface area contributed by atoms with E-state index in [9.17, 15) is 0 Å². The summed E-state index contributed by atoms with van der Waals surface area (Å²) in [5, 5.41) is 3.17. The molecular formula is C20H32Si2. The summed E-state index contributed by atoms with van der Waals surface area (Å²) >= 11 is 0. The molecule has 0 fully saturated rings. The molecule has 0 atom stereocenters. The van der Waals surface area contributed by atoms with Crippen LogP contribution < -0.4 is 10.4 Å². The Bertz CT molecular complexity index is 546. The van der Waals surface area contributed by atoms with Crippen LogP contribution in [0.15, 0.2) is 48.5 Å². The first-order valence-corrected chi connectivity index (χ1v) is 15.2. The molecule has 0 nitrogen and oxygen atoms in total. The summed E-state index contributed by atoms with van der Waals surface area (Å²) in [6.07, 6.45) is 0. The average molecular weight is 329 g/mol. The van der Waals surface area contributed by atoms with E-state index in [1.165, 1.54) is 11.1 Å². The molecular weight excluding hydrogens is 296 g/mol. The third-order valence-corrected chi connectivity index (χ3v) is 8.26. The van der Waals surface area contributed by atoms with Gasteiger partial charge in [-0.1, -0.05) is 109 Å². The van der Waals surface area contributed by atoms with Gasteiger partial charge >= 0.3 is 0 Å². The van der Waals surface area contributed by atoms with Gasteiger partial charge in [0.25, 0.3) is 0 Å². The van der Waals surface area contributed by atoms with Crippen LogP contribution in [0.3, 0.4) is 0 Å². The van der Waals surface area contributed by atoms with E-state index in [0.717, 1.165) is 0 Å². The summed E-state index contributed by atoms with van der Waals surface area (Å²) in [6.45, 7) is 18.7. The minimum atomic E-state index is -1.08. The first-order chi connectivity index (χ1) is 10.0. The van der Waals surface area contributed by atoms with Crippen molar-refractivity contribution >= 4 is 26.5 Å². The molecule has 0 saturated carbocycles. The van der Waals surface area contributed by atoms with E-state index < -0.39 is 16.1 Å². The van der Waals surface area contributed by atoms with Crippen molar-refractivity contribution in [2.24, 2.45) is 0 Å². The quantitative estimate of drug-likeness (QED) is 0.674. The van der Waals surface area contributed by atoms with E-state index in [0.29, 0.717) is 0 Å². The van der Waals surface area contributed by atoms with Crippen molar-refractivity contribution in [3.05, 3.63) is 59.7 Å². The standard InChI is InChI=1S/2C10H16Si/c2*1-9-7-5-6-8-10(9)11(2,3)4/h2*5-8H,1-4H3. The van der Waals surface area contributed by atoms with Gasteiger partial charge in [-0.2, -0.15) is 0 Å². The third kappa shape index (κ3) is 5.58. The molecule has 0 amide bonds. The predicted molar refractivity (Wildman–Crippen MR) is 108 cm³/mol. The molecule has 0 aromatic heterocycles. The van der Waals surface area contributed by atoms with Crippen LogP contribution in [0.4, 0.5) is 0 Å². The van der Waals surface area contributed by atoms with Crippen molar-refractivity contribution in [1.29, 1.82) is 0 Å². The molecule has 2 aromatic carbocycles. The zero-order valence-corrected chi connectivity index (χ0v) is 17.6. The van der Waals surface area contributed by atoms with Crippen molar-refractivity contribution in [2.75, 3.05) is 0 Å². The summed E-state index contributed by atoms with van der Waals surface area (Å²) < 4.78 is 0. The number of benzene rings is 2. The molecule has 0 aliphatic rings. The fourth-order valence-electron chi connectivity index (χ4n) is 2.83. The maximum atomic E-state index is 2.38. The molecule has 2 aromatic rings. The zero-order valence-electron chi connectivity index (χ0n) is 15.6. The fraction of sp³-hybridized carbons (Fsp3) is 0.400. The number of hydrogen-bond donors (Lipinski definition) is 0. The van der Waals surface area contributed by atoms with Crippen molar-refractivity contribution in [3.8, 4) is 0 Å². The topological polar surface area (TPSA) is 0 Å². The van der Waals surface area contributed by atoms with Gasteiger partial charge in [-0.05, 0) is 13.8 Å². The van der Waals surface area contributed by atoms with Gasteiger partial charge in [-0.25, -0.2) is 0 Å². The molecule has 0 unspecified atom stereocenters. The maximum Gasteiger partial charge on any atom is 0.0779 e. The van der Waals surface area contributed by atoms with E-state index in [1.54, 1.807) is 10.4 Å². The van der Waals surface area contributed by atoms with Crippen LogP contribution in [0.25, 0.3) is 0 Å². The first-order valence-electron chi connectivity index (χ1n) is 8.15. The zero-order chi connectivity index (χ0) is 17.0. The highest BCUT2D eigenvalue weighted by molar-refractivity contribution is 6.89. The predicted octanol–water partition coefficient (Wildman–Crippen LogP) is 5.08. The average Bonchev–Trinajstić information content (AvgIpc) is 2.37. The second-order valence-electron chi connectivity index (χ2n) is 8.13. The Kier molecular flexibility index (Phi) is 6.39. The summed E-state index contributed by atoms with van der Waals surface area (Å²) in [6, 6.07) is 17.4. The molecule has 0 saturated heterocycles. The molecule has 0 aliphatic heterocycles. The van der Waals surface area contributed by atoms with E-state index in [-0.39, 0.29) is 0 Å². The Hall–Kier alpha value is -1.13. The van der Waals surface area contributed by atoms with Crippen LogP contribution in [0.5, 0.6) is 0 Å². The van der Waals surface area contributed by atoms with Gasteiger partial charge in [-0.3, -0.25) is 0 Å². The van der Waals surface area contributed by atoms with Crippen LogP contribution in [-0.2, 0) is 0 Å². The van der Waals surface area contributed by atoms with Crippen molar-refractivity contribution in [2.45, 2.75) is 53.1 Å². The molecule has 0 aliphatic carbocycles. The molecule has 0 heterocycles. The Morgan fingerprint density at radius 1 is 0.500 bits per heavy atom. The number of hydrogen-bond acceptors (Lipinski definition) is 0. The Labute approximate surface area is 139 Å². The summed E-state index contributed by atoms with van der Waals surface area (Å²) in [7, 11) is -2.16. The molecule has 22 heavy (non-hydrogen) atoms. The van der Waals surface area contributed by atoms with Crippen molar-refractivity contribution < 1.29 is 0 Å². The summed E-state index contributed by atoms with van der Waals surface area (Å²) in [4.78, 5) is 0. The second-order valence-corrected chi connectivity index (χ2v) is 18.2. The Morgan fingerprint density at radius 2 is 0.773 bits per heavy atom. The molecule has 2 rings (SSSR count). The smallest absolute Gasteiger partial charge is 0.0656 e. The van der Waals surface area contributed by atoms with Gasteiger partial charge in [0.05, 0.1) is 16.1 Å². The minimum absolute atomic E-state index is 1.08. The lowest BCUT2D eigenvalue weighted by Crippen LogP contribution is -2.39. The normalized spacial score (nSPS) is 11.6. The van der Waals surface area contributed by atoms with Crippen LogP contribution in [0, 0.1) is 13.8 Å². The largest absolute Gasteiger partial charge is 0.0779 e. The molecule has 2 heteroatoms. The van der Waals surface area contributed by atoms with Crippen molar-refractivity contribution in [1.82, 2.24) is 0 Å². The van der Waals surface area contributed by atoms with Crippen LogP contribution in [0.2, 0.25) is 39.3 Å². The maximum absolute atomic E-state index is 2.38. The highest BCUT2D eigenvalue weighted by atomic mass is 28.3. The summed E-state index contributed by atoms with van der Waals surface area (Å²) in [5.41, 5.74) is 2.90. The second kappa shape index (κ2) is 7.43. The van der Waals surface area contributed by atoms with E-state index in [2.05, 4.69) is 102 Å². The lowest BCUT2D eigenvalue weighted by Gasteiger charge is -2.18. The minimum Gasteiger partial charge on any atom is -0.0656 e. The molecule has 0 radical (unpaired) electrons. The van der Waals surface area contributed by atoms with Gasteiger partial charge in [0, 0.05) is 0 Å². The van der Waals surface area contributed by atoms with Gasteiger partial charge in [0.1, 0.15) is 0 Å². The van der Waals surface area contributed by atoms with Crippen LogP contribution >= 0.6 is 0 Å². The first kappa shape index (κ1) is 18.9. The Morgan fingerprint density at radius 3 is 0.955 bits per heavy atom. The fourth-order valence-corrected chi connectivity index (χ4v) is 6.55. The highest BCUT2D eigenvalue weighted by Crippen LogP contribution is 2.06.